The highest BCUT2D eigenvalue weighted by Crippen LogP contribution is 2.52. The fourth-order valence-electron chi connectivity index (χ4n) is 3.73. The van der Waals surface area contributed by atoms with Gasteiger partial charge in [0.05, 0.1) is 0 Å². The number of nitrogens with one attached hydrogen (secondary N) is 1. The number of rotatable bonds is 4. The summed E-state index contributed by atoms with van der Waals surface area (Å²) in [6.45, 7) is 20.4. The summed E-state index contributed by atoms with van der Waals surface area (Å²) >= 11 is 0. The van der Waals surface area contributed by atoms with Gasteiger partial charge in [-0.2, -0.15) is 0 Å². The first-order chi connectivity index (χ1) is 9.16. The SMILES string of the molecule is CC(C)C1CNC(C(C)(C)C)CN1CC1(C(C)C)CC1. The van der Waals surface area contributed by atoms with Crippen LogP contribution < -0.4 is 5.32 Å². The average Bonchev–Trinajstić information content (AvgIpc) is 3.08. The van der Waals surface area contributed by atoms with Crippen molar-refractivity contribution in [3.8, 4) is 0 Å². The van der Waals surface area contributed by atoms with Crippen molar-refractivity contribution in [1.29, 1.82) is 0 Å². The number of nitrogens with zero attached hydrogens (tertiary/aromatic N) is 1. The van der Waals surface area contributed by atoms with Gasteiger partial charge in [-0.1, -0.05) is 48.5 Å². The molecule has 0 radical (unpaired) electrons. The smallest absolute Gasteiger partial charge is 0.0244 e. The first-order valence-electron chi connectivity index (χ1n) is 8.63. The maximum absolute atomic E-state index is 3.81. The summed E-state index contributed by atoms with van der Waals surface area (Å²) in [4.78, 5) is 2.82. The summed E-state index contributed by atoms with van der Waals surface area (Å²) in [7, 11) is 0. The molecule has 0 aromatic heterocycles. The molecule has 20 heavy (non-hydrogen) atoms. The topological polar surface area (TPSA) is 15.3 Å². The zero-order valence-electron chi connectivity index (χ0n) is 14.8. The Bertz CT molecular complexity index is 323. The summed E-state index contributed by atoms with van der Waals surface area (Å²) in [5.74, 6) is 1.57. The quantitative estimate of drug-likeness (QED) is 0.843. The lowest BCUT2D eigenvalue weighted by molar-refractivity contribution is 0.0393. The van der Waals surface area contributed by atoms with E-state index >= 15 is 0 Å². The third kappa shape index (κ3) is 3.39. The largest absolute Gasteiger partial charge is 0.311 e. The Hall–Kier alpha value is -0.0800. The molecule has 1 heterocycles. The van der Waals surface area contributed by atoms with E-state index in [9.17, 15) is 0 Å². The van der Waals surface area contributed by atoms with Crippen LogP contribution in [0.1, 0.15) is 61.3 Å². The van der Waals surface area contributed by atoms with Crippen LogP contribution in [0.25, 0.3) is 0 Å². The number of piperazine rings is 1. The van der Waals surface area contributed by atoms with Crippen LogP contribution in [0.2, 0.25) is 0 Å². The molecule has 1 N–H and O–H groups in total. The summed E-state index contributed by atoms with van der Waals surface area (Å²) in [6.07, 6.45) is 2.89. The van der Waals surface area contributed by atoms with Gasteiger partial charge in [0.2, 0.25) is 0 Å². The second-order valence-corrected chi connectivity index (χ2v) is 9.08. The lowest BCUT2D eigenvalue weighted by Crippen LogP contribution is -2.62. The van der Waals surface area contributed by atoms with Gasteiger partial charge in [0.1, 0.15) is 0 Å². The van der Waals surface area contributed by atoms with E-state index in [1.165, 1.54) is 25.9 Å². The van der Waals surface area contributed by atoms with E-state index in [0.717, 1.165) is 18.4 Å². The molecule has 2 heteroatoms. The van der Waals surface area contributed by atoms with Crippen LogP contribution in [0.5, 0.6) is 0 Å². The van der Waals surface area contributed by atoms with Crippen molar-refractivity contribution in [2.75, 3.05) is 19.6 Å². The summed E-state index contributed by atoms with van der Waals surface area (Å²) in [5.41, 5.74) is 0.988. The van der Waals surface area contributed by atoms with Crippen molar-refractivity contribution >= 4 is 0 Å². The molecule has 0 spiro atoms. The molecule has 1 saturated carbocycles. The Labute approximate surface area is 126 Å². The van der Waals surface area contributed by atoms with E-state index in [1.807, 2.05) is 0 Å². The first kappa shape index (κ1) is 16.3. The van der Waals surface area contributed by atoms with Crippen LogP contribution in [-0.2, 0) is 0 Å². The molecule has 2 unspecified atom stereocenters. The fraction of sp³-hybridized carbons (Fsp3) is 1.00. The van der Waals surface area contributed by atoms with Crippen LogP contribution in [0, 0.1) is 22.7 Å². The maximum atomic E-state index is 3.81. The molecule has 0 aromatic rings. The number of hydrogen-bond acceptors (Lipinski definition) is 2. The predicted octanol–water partition coefficient (Wildman–Crippen LogP) is 3.77. The van der Waals surface area contributed by atoms with E-state index in [1.54, 1.807) is 0 Å². The highest BCUT2D eigenvalue weighted by molar-refractivity contribution is 5.01. The molecule has 2 aliphatic rings. The molecule has 0 amide bonds. The summed E-state index contributed by atoms with van der Waals surface area (Å²) in [6, 6.07) is 1.34. The highest BCUT2D eigenvalue weighted by atomic mass is 15.2. The lowest BCUT2D eigenvalue weighted by Gasteiger charge is -2.48. The summed E-state index contributed by atoms with van der Waals surface area (Å²) < 4.78 is 0. The molecule has 2 rings (SSSR count). The third-order valence-electron chi connectivity index (χ3n) is 5.91. The molecule has 0 bridgehead atoms. The Morgan fingerprint density at radius 1 is 1.15 bits per heavy atom. The Morgan fingerprint density at radius 3 is 2.15 bits per heavy atom. The Kier molecular flexibility index (Phi) is 4.57. The van der Waals surface area contributed by atoms with Crippen molar-refractivity contribution in [2.24, 2.45) is 22.7 Å². The Morgan fingerprint density at radius 2 is 1.75 bits per heavy atom. The average molecular weight is 281 g/mol. The van der Waals surface area contributed by atoms with Crippen LogP contribution in [0.4, 0.5) is 0 Å². The van der Waals surface area contributed by atoms with Gasteiger partial charge in [-0.3, -0.25) is 4.90 Å². The second-order valence-electron chi connectivity index (χ2n) is 9.08. The molecule has 1 aliphatic carbocycles. The van der Waals surface area contributed by atoms with E-state index in [0.29, 0.717) is 22.9 Å². The molecule has 0 aromatic carbocycles. The molecular formula is C18H36N2. The third-order valence-corrected chi connectivity index (χ3v) is 5.91. The first-order valence-corrected chi connectivity index (χ1v) is 8.63. The van der Waals surface area contributed by atoms with Crippen molar-refractivity contribution in [2.45, 2.75) is 73.4 Å². The van der Waals surface area contributed by atoms with Gasteiger partial charge in [0.15, 0.2) is 0 Å². The van der Waals surface area contributed by atoms with Crippen LogP contribution in [-0.4, -0.2) is 36.6 Å². The van der Waals surface area contributed by atoms with Crippen molar-refractivity contribution in [3.63, 3.8) is 0 Å². The lowest BCUT2D eigenvalue weighted by atomic mass is 9.82. The standard InChI is InChI=1S/C18H36N2/c1-13(2)15-10-19-16(17(5,6)7)11-20(15)12-18(8-9-18)14(3)4/h13-16,19H,8-12H2,1-7H3. The van der Waals surface area contributed by atoms with Crippen LogP contribution in [0.15, 0.2) is 0 Å². The van der Waals surface area contributed by atoms with E-state index in [-0.39, 0.29) is 0 Å². The maximum Gasteiger partial charge on any atom is 0.0244 e. The predicted molar refractivity (Wildman–Crippen MR) is 87.9 cm³/mol. The van der Waals surface area contributed by atoms with Gasteiger partial charge < -0.3 is 5.32 Å². The molecule has 1 aliphatic heterocycles. The minimum Gasteiger partial charge on any atom is -0.311 e. The van der Waals surface area contributed by atoms with Gasteiger partial charge in [-0.15, -0.1) is 0 Å². The molecule has 2 atom stereocenters. The van der Waals surface area contributed by atoms with Gasteiger partial charge in [0.25, 0.3) is 0 Å². The highest BCUT2D eigenvalue weighted by Gasteiger charge is 2.48. The zero-order valence-corrected chi connectivity index (χ0v) is 14.8. The number of hydrogen-bond donors (Lipinski definition) is 1. The molecule has 1 saturated heterocycles. The normalized spacial score (nSPS) is 31.1. The van der Waals surface area contributed by atoms with Crippen molar-refractivity contribution in [1.82, 2.24) is 10.2 Å². The monoisotopic (exact) mass is 280 g/mol. The van der Waals surface area contributed by atoms with E-state index in [2.05, 4.69) is 58.7 Å². The zero-order chi connectivity index (χ0) is 15.1. The van der Waals surface area contributed by atoms with Crippen molar-refractivity contribution < 1.29 is 0 Å². The van der Waals surface area contributed by atoms with E-state index < -0.39 is 0 Å². The van der Waals surface area contributed by atoms with Gasteiger partial charge in [-0.05, 0) is 35.5 Å². The minimum atomic E-state index is 0.356. The molecule has 118 valence electrons. The van der Waals surface area contributed by atoms with Gasteiger partial charge in [-0.25, -0.2) is 0 Å². The molecule has 2 fully saturated rings. The molecular weight excluding hydrogens is 244 g/mol. The van der Waals surface area contributed by atoms with Crippen LogP contribution in [0.3, 0.4) is 0 Å². The van der Waals surface area contributed by atoms with Gasteiger partial charge in [0, 0.05) is 31.7 Å². The molecule has 2 nitrogen and oxygen atoms in total. The summed E-state index contributed by atoms with van der Waals surface area (Å²) in [5, 5.41) is 3.81. The minimum absolute atomic E-state index is 0.356. The second kappa shape index (κ2) is 5.61. The fourth-order valence-corrected chi connectivity index (χ4v) is 3.73. The van der Waals surface area contributed by atoms with Gasteiger partial charge >= 0.3 is 0 Å². The Balaban J connectivity index is 2.08. The van der Waals surface area contributed by atoms with Crippen LogP contribution >= 0.6 is 0 Å². The van der Waals surface area contributed by atoms with Crippen molar-refractivity contribution in [3.05, 3.63) is 0 Å². The van der Waals surface area contributed by atoms with E-state index in [4.69, 9.17) is 0 Å².